The number of aromatic nitrogens is 5. The first-order valence-electron chi connectivity index (χ1n) is 11.0. The Kier molecular flexibility index (Phi) is 5.91. The van der Waals surface area contributed by atoms with E-state index in [4.69, 9.17) is 0 Å². The van der Waals surface area contributed by atoms with E-state index in [1.165, 1.54) is 0 Å². The van der Waals surface area contributed by atoms with Gasteiger partial charge in [-0.15, -0.1) is 5.10 Å². The molecule has 2 saturated heterocycles. The van der Waals surface area contributed by atoms with Crippen LogP contribution in [0.3, 0.4) is 0 Å². The molecule has 1 unspecified atom stereocenters. The topological polar surface area (TPSA) is 114 Å². The number of likely N-dealkylation sites (tertiary alicyclic amines) is 1. The van der Waals surface area contributed by atoms with Crippen LogP contribution in [0.5, 0.6) is 0 Å². The second-order valence-electron chi connectivity index (χ2n) is 8.31. The molecule has 32 heavy (non-hydrogen) atoms. The highest BCUT2D eigenvalue weighted by Crippen LogP contribution is 2.30. The Bertz CT molecular complexity index is 1220. The molecule has 2 aliphatic heterocycles. The van der Waals surface area contributed by atoms with Gasteiger partial charge >= 0.3 is 0 Å². The molecule has 1 atom stereocenters. The maximum atomic E-state index is 13.5. The number of carbonyl (C=O) groups excluding carboxylic acids is 1. The number of fused-ring (bicyclic) bond motifs is 1. The van der Waals surface area contributed by atoms with Crippen LogP contribution >= 0.6 is 11.7 Å². The minimum absolute atomic E-state index is 0.0828. The Labute approximate surface area is 190 Å². The van der Waals surface area contributed by atoms with E-state index in [-0.39, 0.29) is 16.8 Å². The fraction of sp³-hybridized carbons (Fsp3) is 0.550. The van der Waals surface area contributed by atoms with Crippen molar-refractivity contribution in [3.63, 3.8) is 0 Å². The SMILES string of the molecule is O=C(c1cn(CCC2CCCCN2S(=O)(=O)c2cccc3nsnc23)nn1)N1CCCC1. The molecule has 12 heteroatoms. The lowest BCUT2D eigenvalue weighted by atomic mass is 10.0. The van der Waals surface area contributed by atoms with E-state index in [9.17, 15) is 13.2 Å². The van der Waals surface area contributed by atoms with Crippen LogP contribution in [0, 0.1) is 0 Å². The van der Waals surface area contributed by atoms with Crippen molar-refractivity contribution in [1.29, 1.82) is 0 Å². The summed E-state index contributed by atoms with van der Waals surface area (Å²) in [5, 5.41) is 8.15. The standard InChI is InChI=1S/C20H25N7O3S2/c28-20(25-10-3-4-11-25)17-14-26(24-21-17)13-9-15-6-1-2-12-27(15)32(29,30)18-8-5-7-16-19(18)23-31-22-16/h5,7-8,14-15H,1-4,6,9-13H2. The number of benzene rings is 1. The van der Waals surface area contributed by atoms with Crippen molar-refractivity contribution in [2.45, 2.75) is 56.0 Å². The van der Waals surface area contributed by atoms with Gasteiger partial charge in [0.1, 0.15) is 15.9 Å². The van der Waals surface area contributed by atoms with Crippen molar-refractivity contribution < 1.29 is 13.2 Å². The Morgan fingerprint density at radius 1 is 1.09 bits per heavy atom. The summed E-state index contributed by atoms with van der Waals surface area (Å²) < 4.78 is 38.7. The average molecular weight is 476 g/mol. The monoisotopic (exact) mass is 475 g/mol. The molecule has 0 N–H and O–H groups in total. The molecule has 0 bridgehead atoms. The molecule has 170 valence electrons. The molecule has 4 heterocycles. The zero-order chi connectivity index (χ0) is 22.1. The quantitative estimate of drug-likeness (QED) is 0.537. The lowest BCUT2D eigenvalue weighted by Gasteiger charge is -2.34. The Morgan fingerprint density at radius 3 is 2.75 bits per heavy atom. The van der Waals surface area contributed by atoms with Gasteiger partial charge < -0.3 is 4.90 Å². The highest BCUT2D eigenvalue weighted by atomic mass is 32.2. The summed E-state index contributed by atoms with van der Waals surface area (Å²) in [6, 6.07) is 4.96. The summed E-state index contributed by atoms with van der Waals surface area (Å²) in [4.78, 5) is 14.5. The first-order chi connectivity index (χ1) is 15.5. The molecule has 0 spiro atoms. The van der Waals surface area contributed by atoms with E-state index >= 15 is 0 Å². The van der Waals surface area contributed by atoms with Crippen molar-refractivity contribution in [1.82, 2.24) is 32.9 Å². The fourth-order valence-electron chi connectivity index (χ4n) is 4.56. The van der Waals surface area contributed by atoms with Gasteiger partial charge in [-0.25, -0.2) is 8.42 Å². The third-order valence-electron chi connectivity index (χ3n) is 6.25. The van der Waals surface area contributed by atoms with Gasteiger partial charge in [-0.1, -0.05) is 17.7 Å². The van der Waals surface area contributed by atoms with Crippen molar-refractivity contribution >= 4 is 38.7 Å². The molecule has 0 radical (unpaired) electrons. The van der Waals surface area contributed by atoms with Crippen LogP contribution in [-0.4, -0.2) is 72.9 Å². The lowest BCUT2D eigenvalue weighted by Crippen LogP contribution is -2.44. The van der Waals surface area contributed by atoms with Gasteiger partial charge in [-0.3, -0.25) is 9.48 Å². The second-order valence-corrected chi connectivity index (χ2v) is 10.7. The van der Waals surface area contributed by atoms with Gasteiger partial charge in [0.05, 0.1) is 17.9 Å². The number of aryl methyl sites for hydroxylation is 1. The molecular weight excluding hydrogens is 450 g/mol. The van der Waals surface area contributed by atoms with E-state index in [0.717, 1.165) is 56.9 Å². The second kappa shape index (κ2) is 8.83. The van der Waals surface area contributed by atoms with Gasteiger partial charge in [0.25, 0.3) is 5.91 Å². The van der Waals surface area contributed by atoms with Crippen molar-refractivity contribution in [3.05, 3.63) is 30.1 Å². The zero-order valence-electron chi connectivity index (χ0n) is 17.6. The molecule has 10 nitrogen and oxygen atoms in total. The summed E-state index contributed by atoms with van der Waals surface area (Å²) in [5.74, 6) is -0.0828. The Balaban J connectivity index is 1.31. The minimum Gasteiger partial charge on any atom is -0.337 e. The molecule has 0 saturated carbocycles. The van der Waals surface area contributed by atoms with Gasteiger partial charge in [-0.2, -0.15) is 13.1 Å². The molecule has 1 amide bonds. The predicted molar refractivity (Wildman–Crippen MR) is 119 cm³/mol. The largest absolute Gasteiger partial charge is 0.337 e. The fourth-order valence-corrected chi connectivity index (χ4v) is 7.04. The normalized spacial score (nSPS) is 20.2. The van der Waals surface area contributed by atoms with E-state index in [1.807, 2.05) is 0 Å². The number of amides is 1. The van der Waals surface area contributed by atoms with Crippen LogP contribution in [0.25, 0.3) is 11.0 Å². The van der Waals surface area contributed by atoms with Gasteiger partial charge in [0, 0.05) is 32.2 Å². The summed E-state index contributed by atoms with van der Waals surface area (Å²) in [7, 11) is -3.70. The summed E-state index contributed by atoms with van der Waals surface area (Å²) in [6.45, 7) is 2.51. The first-order valence-corrected chi connectivity index (χ1v) is 13.1. The maximum Gasteiger partial charge on any atom is 0.276 e. The molecule has 2 aliphatic rings. The van der Waals surface area contributed by atoms with Crippen molar-refractivity contribution in [3.8, 4) is 0 Å². The number of hydrogen-bond donors (Lipinski definition) is 0. The molecular formula is C20H25N7O3S2. The Morgan fingerprint density at radius 2 is 1.91 bits per heavy atom. The van der Waals surface area contributed by atoms with Gasteiger partial charge in [0.2, 0.25) is 10.0 Å². The van der Waals surface area contributed by atoms with Gasteiger partial charge in [-0.05, 0) is 44.2 Å². The molecule has 0 aliphatic carbocycles. The van der Waals surface area contributed by atoms with Gasteiger partial charge in [0.15, 0.2) is 5.69 Å². The maximum absolute atomic E-state index is 13.5. The molecule has 3 aromatic rings. The first kappa shape index (κ1) is 21.4. The van der Waals surface area contributed by atoms with Crippen LogP contribution in [0.1, 0.15) is 49.0 Å². The van der Waals surface area contributed by atoms with Crippen molar-refractivity contribution in [2.75, 3.05) is 19.6 Å². The smallest absolute Gasteiger partial charge is 0.276 e. The van der Waals surface area contributed by atoms with E-state index < -0.39 is 10.0 Å². The zero-order valence-corrected chi connectivity index (χ0v) is 19.3. The number of hydrogen-bond acceptors (Lipinski definition) is 8. The van der Waals surface area contributed by atoms with Crippen LogP contribution in [-0.2, 0) is 16.6 Å². The summed E-state index contributed by atoms with van der Waals surface area (Å²) >= 11 is 1.02. The summed E-state index contributed by atoms with van der Waals surface area (Å²) in [6.07, 6.45) is 6.93. The third-order valence-corrected chi connectivity index (χ3v) is 8.78. The highest BCUT2D eigenvalue weighted by molar-refractivity contribution is 7.89. The average Bonchev–Trinajstić information content (AvgIpc) is 3.58. The van der Waals surface area contributed by atoms with Crippen LogP contribution < -0.4 is 0 Å². The van der Waals surface area contributed by atoms with Crippen LogP contribution in [0.2, 0.25) is 0 Å². The number of nitrogens with zero attached hydrogens (tertiary/aromatic N) is 7. The highest BCUT2D eigenvalue weighted by Gasteiger charge is 2.35. The van der Waals surface area contributed by atoms with Crippen LogP contribution in [0.15, 0.2) is 29.3 Å². The Hall–Kier alpha value is -2.44. The number of piperidine rings is 1. The van der Waals surface area contributed by atoms with E-state index in [2.05, 4.69) is 19.1 Å². The third kappa shape index (κ3) is 4.02. The minimum atomic E-state index is -3.70. The van der Waals surface area contributed by atoms with E-state index in [0.29, 0.717) is 36.2 Å². The molecule has 2 fully saturated rings. The predicted octanol–water partition coefficient (Wildman–Crippen LogP) is 2.15. The van der Waals surface area contributed by atoms with Crippen molar-refractivity contribution in [2.24, 2.45) is 0 Å². The number of sulfonamides is 1. The van der Waals surface area contributed by atoms with E-state index in [1.54, 1.807) is 38.3 Å². The lowest BCUT2D eigenvalue weighted by molar-refractivity contribution is 0.0787. The molecule has 1 aromatic carbocycles. The summed E-state index contributed by atoms with van der Waals surface area (Å²) in [5.41, 5.74) is 1.38. The molecule has 2 aromatic heterocycles. The number of rotatable bonds is 6. The van der Waals surface area contributed by atoms with Crippen LogP contribution in [0.4, 0.5) is 0 Å². The number of carbonyl (C=O) groups is 1. The molecule has 5 rings (SSSR count).